The third kappa shape index (κ3) is 3.38. The van der Waals surface area contributed by atoms with Crippen LogP contribution in [0.15, 0.2) is 54.7 Å². The first kappa shape index (κ1) is 19.1. The minimum absolute atomic E-state index is 0. The fourth-order valence-corrected chi connectivity index (χ4v) is 3.97. The molecule has 1 saturated carbocycles. The second kappa shape index (κ2) is 7.12. The van der Waals surface area contributed by atoms with Gasteiger partial charge in [0, 0.05) is 18.8 Å². The van der Waals surface area contributed by atoms with Crippen LogP contribution in [-0.2, 0) is 10.2 Å². The zero-order chi connectivity index (χ0) is 21.6. The van der Waals surface area contributed by atoms with Crippen molar-refractivity contribution in [2.75, 3.05) is 12.1 Å². The average molecular weight is 417 g/mol. The molecule has 2 aromatic carbocycles. The van der Waals surface area contributed by atoms with Crippen molar-refractivity contribution < 1.29 is 20.5 Å². The highest BCUT2D eigenvalue weighted by molar-refractivity contribution is 6.01. The normalized spacial score (nSPS) is 15.4. The van der Waals surface area contributed by atoms with Crippen LogP contribution < -0.4 is 20.5 Å². The van der Waals surface area contributed by atoms with Gasteiger partial charge in [0.05, 0.1) is 5.41 Å². The van der Waals surface area contributed by atoms with Crippen molar-refractivity contribution >= 4 is 17.6 Å². The van der Waals surface area contributed by atoms with E-state index < -0.39 is 11.3 Å². The number of hydrogen-bond donors (Lipinski definition) is 2. The van der Waals surface area contributed by atoms with Crippen LogP contribution in [0.25, 0.3) is 11.1 Å². The van der Waals surface area contributed by atoms with Gasteiger partial charge in [-0.2, -0.15) is 0 Å². The second-order valence-electron chi connectivity index (χ2n) is 7.93. The van der Waals surface area contributed by atoms with Gasteiger partial charge in [-0.15, -0.1) is 0 Å². The van der Waals surface area contributed by atoms with Gasteiger partial charge in [0.25, 0.3) is 0 Å². The van der Waals surface area contributed by atoms with E-state index in [1.807, 2.05) is 37.3 Å². The predicted molar refractivity (Wildman–Crippen MR) is 117 cm³/mol. The lowest BCUT2D eigenvalue weighted by atomic mass is 9.94. The quantitative estimate of drug-likeness (QED) is 0.657. The van der Waals surface area contributed by atoms with E-state index >= 15 is 0 Å². The third-order valence-corrected chi connectivity index (χ3v) is 5.92. The van der Waals surface area contributed by atoms with Crippen LogP contribution in [0, 0.1) is 6.92 Å². The van der Waals surface area contributed by atoms with Crippen molar-refractivity contribution in [3.05, 3.63) is 71.4 Å². The number of primary amides is 1. The minimum atomic E-state index is -0.564. The molecule has 7 nitrogen and oxygen atoms in total. The summed E-state index contributed by atoms with van der Waals surface area (Å²) in [7, 11) is 0. The summed E-state index contributed by atoms with van der Waals surface area (Å²) in [6.45, 7) is 2.14. The molecule has 31 heavy (non-hydrogen) atoms. The molecule has 2 heterocycles. The van der Waals surface area contributed by atoms with E-state index in [1.165, 1.54) is 0 Å². The maximum absolute atomic E-state index is 13.1. The lowest BCUT2D eigenvalue weighted by molar-refractivity contribution is -0.118. The number of pyridine rings is 1. The molecule has 2 aliphatic rings. The molecular formula is C24H23N3O4. The summed E-state index contributed by atoms with van der Waals surface area (Å²) < 4.78 is 10.8. The van der Waals surface area contributed by atoms with Crippen LogP contribution in [0.4, 0.5) is 5.82 Å². The fourth-order valence-electron chi connectivity index (χ4n) is 3.97. The number of nitrogens with two attached hydrogens (primary N) is 1. The number of rotatable bonds is 5. The Balaban J connectivity index is 0.00000245. The lowest BCUT2D eigenvalue weighted by Crippen LogP contribution is -2.28. The van der Waals surface area contributed by atoms with E-state index in [1.54, 1.807) is 24.4 Å². The number of amides is 2. The van der Waals surface area contributed by atoms with Crippen molar-refractivity contribution in [3.63, 3.8) is 0 Å². The number of hydrogen-bond acceptors (Lipinski definition) is 5. The van der Waals surface area contributed by atoms with Crippen molar-refractivity contribution in [2.45, 2.75) is 25.2 Å². The highest BCUT2D eigenvalue weighted by atomic mass is 16.7. The van der Waals surface area contributed by atoms with E-state index in [4.69, 9.17) is 15.2 Å². The van der Waals surface area contributed by atoms with Gasteiger partial charge in [-0.05, 0) is 66.8 Å². The number of anilines is 1. The molecule has 2 amide bonds. The standard InChI is InChI=1S/C24H21N3O4.H2/c1-14-9-21(26-12-18(14)15-3-2-4-16(10-15)22(25)28)27-23(29)24(7-8-24)17-5-6-19-20(11-17)31-13-30-19;/h2-6,9-12H,7-8,13H2,1H3,(H2,25,28)(H,26,27,29);1H. The molecule has 1 fully saturated rings. The van der Waals surface area contributed by atoms with Gasteiger partial charge in [-0.25, -0.2) is 4.98 Å². The number of ether oxygens (including phenoxy) is 2. The molecule has 1 aliphatic carbocycles. The molecule has 0 radical (unpaired) electrons. The minimum Gasteiger partial charge on any atom is -0.454 e. The molecule has 0 saturated heterocycles. The summed E-state index contributed by atoms with van der Waals surface area (Å²) >= 11 is 0. The SMILES string of the molecule is Cc1cc(NC(=O)C2(c3ccc4c(c3)OCO4)CC2)ncc1-c1cccc(C(N)=O)c1.[HH]. The highest BCUT2D eigenvalue weighted by Gasteiger charge is 2.51. The summed E-state index contributed by atoms with van der Waals surface area (Å²) in [6.07, 6.45) is 3.25. The van der Waals surface area contributed by atoms with Gasteiger partial charge in [0.2, 0.25) is 18.6 Å². The van der Waals surface area contributed by atoms with Crippen LogP contribution in [0.3, 0.4) is 0 Å². The summed E-state index contributed by atoms with van der Waals surface area (Å²) in [6, 6.07) is 14.6. The van der Waals surface area contributed by atoms with Crippen LogP contribution in [0.5, 0.6) is 11.5 Å². The number of benzene rings is 2. The zero-order valence-electron chi connectivity index (χ0n) is 17.0. The van der Waals surface area contributed by atoms with Crippen molar-refractivity contribution in [1.29, 1.82) is 0 Å². The molecule has 0 spiro atoms. The van der Waals surface area contributed by atoms with Gasteiger partial charge in [-0.1, -0.05) is 18.2 Å². The van der Waals surface area contributed by atoms with E-state index in [-0.39, 0.29) is 14.1 Å². The molecule has 0 bridgehead atoms. The molecule has 1 aliphatic heterocycles. The van der Waals surface area contributed by atoms with Crippen molar-refractivity contribution in [1.82, 2.24) is 4.98 Å². The number of carbonyl (C=O) groups excluding carboxylic acids is 2. The largest absolute Gasteiger partial charge is 0.454 e. The van der Waals surface area contributed by atoms with Gasteiger partial charge < -0.3 is 20.5 Å². The van der Waals surface area contributed by atoms with E-state index in [0.29, 0.717) is 22.9 Å². The third-order valence-electron chi connectivity index (χ3n) is 5.92. The zero-order valence-corrected chi connectivity index (χ0v) is 17.0. The van der Waals surface area contributed by atoms with Crippen molar-refractivity contribution in [2.24, 2.45) is 5.73 Å². The van der Waals surface area contributed by atoms with Crippen LogP contribution in [-0.4, -0.2) is 23.6 Å². The smallest absolute Gasteiger partial charge is 0.248 e. The number of nitrogens with one attached hydrogen (secondary N) is 1. The Labute approximate surface area is 180 Å². The number of fused-ring (bicyclic) bond motifs is 1. The van der Waals surface area contributed by atoms with E-state index in [0.717, 1.165) is 35.1 Å². The van der Waals surface area contributed by atoms with E-state index in [9.17, 15) is 9.59 Å². The molecule has 0 atom stereocenters. The van der Waals surface area contributed by atoms with Crippen LogP contribution >= 0.6 is 0 Å². The first-order chi connectivity index (χ1) is 15.0. The average Bonchev–Trinajstić information content (AvgIpc) is 3.45. The molecular weight excluding hydrogens is 394 g/mol. The maximum atomic E-state index is 13.1. The molecule has 0 unspecified atom stereocenters. The summed E-state index contributed by atoms with van der Waals surface area (Å²) in [4.78, 5) is 29.0. The first-order valence-electron chi connectivity index (χ1n) is 10.0. The summed E-state index contributed by atoms with van der Waals surface area (Å²) in [5, 5.41) is 2.96. The Morgan fingerprint density at radius 2 is 1.90 bits per heavy atom. The monoisotopic (exact) mass is 417 g/mol. The number of aromatic nitrogens is 1. The molecule has 3 N–H and O–H groups in total. The number of aryl methyl sites for hydroxylation is 1. The highest BCUT2D eigenvalue weighted by Crippen LogP contribution is 2.51. The van der Waals surface area contributed by atoms with Gasteiger partial charge in [0.1, 0.15) is 5.82 Å². The predicted octanol–water partition coefficient (Wildman–Crippen LogP) is 3.80. The Morgan fingerprint density at radius 1 is 1.10 bits per heavy atom. The van der Waals surface area contributed by atoms with Gasteiger partial charge in [-0.3, -0.25) is 9.59 Å². The Kier molecular flexibility index (Phi) is 4.39. The van der Waals surface area contributed by atoms with Crippen LogP contribution in [0.1, 0.15) is 35.8 Å². The van der Waals surface area contributed by atoms with Crippen molar-refractivity contribution in [3.8, 4) is 22.6 Å². The molecule has 1 aromatic heterocycles. The lowest BCUT2D eigenvalue weighted by Gasteiger charge is -2.17. The number of carbonyl (C=O) groups is 2. The summed E-state index contributed by atoms with van der Waals surface area (Å²) in [5.41, 5.74) is 8.83. The number of nitrogens with zero attached hydrogens (tertiary/aromatic N) is 1. The van der Waals surface area contributed by atoms with Crippen LogP contribution in [0.2, 0.25) is 0 Å². The summed E-state index contributed by atoms with van der Waals surface area (Å²) in [5.74, 6) is 1.31. The topological polar surface area (TPSA) is 104 Å². The molecule has 3 aromatic rings. The molecule has 5 rings (SSSR count). The maximum Gasteiger partial charge on any atom is 0.248 e. The first-order valence-corrected chi connectivity index (χ1v) is 10.0. The Bertz CT molecular complexity index is 1220. The van der Waals surface area contributed by atoms with Gasteiger partial charge >= 0.3 is 0 Å². The van der Waals surface area contributed by atoms with E-state index in [2.05, 4.69) is 10.3 Å². The molecule has 158 valence electrons. The second-order valence-corrected chi connectivity index (χ2v) is 7.93. The molecule has 7 heteroatoms. The Hall–Kier alpha value is -3.87. The Morgan fingerprint density at radius 3 is 2.65 bits per heavy atom. The fraction of sp³-hybridized carbons (Fsp3) is 0.208. The van der Waals surface area contributed by atoms with Gasteiger partial charge in [0.15, 0.2) is 11.5 Å².